The monoisotopic (exact) mass is 307 g/mol. The molecule has 0 aromatic carbocycles. The summed E-state index contributed by atoms with van der Waals surface area (Å²) in [6.45, 7) is 7.51. The summed E-state index contributed by atoms with van der Waals surface area (Å²) < 4.78 is 21.6. The van der Waals surface area contributed by atoms with E-state index >= 15 is 0 Å². The van der Waals surface area contributed by atoms with Gasteiger partial charge < -0.3 is 0 Å². The Kier molecular flexibility index (Phi) is 17.0. The van der Waals surface area contributed by atoms with Gasteiger partial charge in [-0.1, -0.05) is 46.5 Å². The zero-order valence-corrected chi connectivity index (χ0v) is 13.1. The molecule has 17 heavy (non-hydrogen) atoms. The van der Waals surface area contributed by atoms with Gasteiger partial charge in [0.15, 0.2) is 0 Å². The van der Waals surface area contributed by atoms with Gasteiger partial charge in [-0.25, -0.2) is 0 Å². The van der Waals surface area contributed by atoms with Gasteiger partial charge >= 0.3 is 8.25 Å². The van der Waals surface area contributed by atoms with Gasteiger partial charge in [0.25, 0.3) is 0 Å². The molecule has 0 saturated heterocycles. The van der Waals surface area contributed by atoms with E-state index in [0.29, 0.717) is 19.1 Å². The second-order valence-corrected chi connectivity index (χ2v) is 5.09. The number of hydrogen-bond donors (Lipinski definition) is 0. The summed E-state index contributed by atoms with van der Waals surface area (Å²) in [6, 6.07) is 0. The van der Waals surface area contributed by atoms with E-state index in [1.807, 2.05) is 0 Å². The van der Waals surface area contributed by atoms with Crippen LogP contribution in [-0.4, -0.2) is 13.2 Å². The Balaban J connectivity index is 0. The van der Waals surface area contributed by atoms with Crippen LogP contribution in [0.4, 0.5) is 0 Å². The Morgan fingerprint density at radius 3 is 2.24 bits per heavy atom. The maximum absolute atomic E-state index is 11.3. The summed E-state index contributed by atoms with van der Waals surface area (Å²) in [6.07, 6.45) is 6.66. The van der Waals surface area contributed by atoms with E-state index in [1.54, 1.807) is 0 Å². The van der Waals surface area contributed by atoms with Crippen molar-refractivity contribution in [3.63, 3.8) is 0 Å². The SMILES string of the molecule is CCCCO[P+](=O)OCC(CC)CCCC.[Ni]. The van der Waals surface area contributed by atoms with Crippen molar-refractivity contribution < 1.29 is 30.1 Å². The molecule has 2 unspecified atom stereocenters. The van der Waals surface area contributed by atoms with E-state index in [9.17, 15) is 4.57 Å². The Morgan fingerprint density at radius 1 is 1.06 bits per heavy atom. The zero-order valence-electron chi connectivity index (χ0n) is 11.2. The van der Waals surface area contributed by atoms with Crippen LogP contribution in [-0.2, 0) is 30.1 Å². The van der Waals surface area contributed by atoms with Gasteiger partial charge in [-0.2, -0.15) is 0 Å². The molecule has 0 amide bonds. The van der Waals surface area contributed by atoms with Crippen molar-refractivity contribution in [1.29, 1.82) is 0 Å². The number of unbranched alkanes of at least 4 members (excludes halogenated alkanes) is 2. The van der Waals surface area contributed by atoms with E-state index in [4.69, 9.17) is 9.05 Å². The Labute approximate surface area is 117 Å². The van der Waals surface area contributed by atoms with E-state index < -0.39 is 8.25 Å². The van der Waals surface area contributed by atoms with Gasteiger partial charge in [0, 0.05) is 21.1 Å². The summed E-state index contributed by atoms with van der Waals surface area (Å²) in [7, 11) is -1.90. The van der Waals surface area contributed by atoms with Crippen molar-refractivity contribution in [2.24, 2.45) is 5.92 Å². The fourth-order valence-corrected chi connectivity index (χ4v) is 2.07. The number of hydrogen-bond acceptors (Lipinski definition) is 3. The Bertz CT molecular complexity index is 179. The average molecular weight is 308 g/mol. The van der Waals surface area contributed by atoms with Crippen LogP contribution in [0.1, 0.15) is 59.3 Å². The van der Waals surface area contributed by atoms with E-state index in [1.165, 1.54) is 12.8 Å². The molecule has 0 aliphatic heterocycles. The van der Waals surface area contributed by atoms with Crippen molar-refractivity contribution in [3.8, 4) is 0 Å². The van der Waals surface area contributed by atoms with Crippen molar-refractivity contribution in [3.05, 3.63) is 0 Å². The van der Waals surface area contributed by atoms with Gasteiger partial charge in [0.2, 0.25) is 0 Å². The van der Waals surface area contributed by atoms with Crippen molar-refractivity contribution in [2.45, 2.75) is 59.3 Å². The topological polar surface area (TPSA) is 35.5 Å². The molecule has 0 bridgehead atoms. The van der Waals surface area contributed by atoms with Gasteiger partial charge in [0.05, 0.1) is 0 Å². The molecule has 0 N–H and O–H groups in total. The minimum atomic E-state index is -1.90. The van der Waals surface area contributed by atoms with Crippen LogP contribution in [0, 0.1) is 5.92 Å². The van der Waals surface area contributed by atoms with E-state index in [-0.39, 0.29) is 16.5 Å². The molecular formula is C12H26NiO3P+. The van der Waals surface area contributed by atoms with Crippen LogP contribution in [0.2, 0.25) is 0 Å². The van der Waals surface area contributed by atoms with Crippen molar-refractivity contribution in [1.82, 2.24) is 0 Å². The van der Waals surface area contributed by atoms with Gasteiger partial charge in [-0.15, -0.1) is 9.05 Å². The van der Waals surface area contributed by atoms with E-state index in [2.05, 4.69) is 20.8 Å². The molecule has 0 rings (SSSR count). The fraction of sp³-hybridized carbons (Fsp3) is 1.00. The molecule has 106 valence electrons. The molecule has 0 fully saturated rings. The second kappa shape index (κ2) is 14.6. The standard InChI is InChI=1S/C12H26O3P.Ni/c1-4-7-9-12(6-3)11-15-16(13)14-10-8-5-2;/h12H,4-11H2,1-3H3;/q+1;. The minimum absolute atomic E-state index is 0. The number of rotatable bonds is 11. The maximum Gasteiger partial charge on any atom is 0.697 e. The van der Waals surface area contributed by atoms with Crippen LogP contribution in [0.15, 0.2) is 0 Å². The molecule has 5 heteroatoms. The smallest absolute Gasteiger partial charge is 0.119 e. The molecule has 0 spiro atoms. The average Bonchev–Trinajstić information content (AvgIpc) is 2.30. The molecule has 0 aromatic rings. The molecule has 0 aromatic heterocycles. The summed E-state index contributed by atoms with van der Waals surface area (Å²) in [5, 5.41) is 0. The molecule has 3 nitrogen and oxygen atoms in total. The third-order valence-corrected chi connectivity index (χ3v) is 3.41. The molecule has 0 aliphatic carbocycles. The van der Waals surface area contributed by atoms with Crippen molar-refractivity contribution in [2.75, 3.05) is 13.2 Å². The predicted octanol–water partition coefficient (Wildman–Crippen LogP) is 4.69. The summed E-state index contributed by atoms with van der Waals surface area (Å²) in [5.41, 5.74) is 0. The summed E-state index contributed by atoms with van der Waals surface area (Å²) in [4.78, 5) is 0. The quantitative estimate of drug-likeness (QED) is 0.315. The first-order chi connectivity index (χ1) is 7.74. The maximum atomic E-state index is 11.3. The largest absolute Gasteiger partial charge is 0.697 e. The minimum Gasteiger partial charge on any atom is -0.119 e. The van der Waals surface area contributed by atoms with E-state index in [0.717, 1.165) is 25.7 Å². The van der Waals surface area contributed by atoms with Crippen LogP contribution >= 0.6 is 8.25 Å². The molecule has 0 radical (unpaired) electrons. The van der Waals surface area contributed by atoms with Gasteiger partial charge in [-0.05, 0) is 18.8 Å². The first-order valence-corrected chi connectivity index (χ1v) is 7.57. The second-order valence-electron chi connectivity index (χ2n) is 4.12. The Morgan fingerprint density at radius 2 is 1.71 bits per heavy atom. The molecule has 0 heterocycles. The fourth-order valence-electron chi connectivity index (χ4n) is 1.39. The van der Waals surface area contributed by atoms with Crippen LogP contribution in [0.3, 0.4) is 0 Å². The predicted molar refractivity (Wildman–Crippen MR) is 67.7 cm³/mol. The van der Waals surface area contributed by atoms with Crippen LogP contribution in [0.5, 0.6) is 0 Å². The van der Waals surface area contributed by atoms with Gasteiger partial charge in [0.1, 0.15) is 13.2 Å². The third kappa shape index (κ3) is 12.8. The normalized spacial score (nSPS) is 13.0. The third-order valence-electron chi connectivity index (χ3n) is 2.65. The first kappa shape index (κ1) is 19.8. The summed E-state index contributed by atoms with van der Waals surface area (Å²) in [5.74, 6) is 0.522. The molecular weight excluding hydrogens is 282 g/mol. The molecule has 0 aliphatic rings. The van der Waals surface area contributed by atoms with Crippen LogP contribution in [0.25, 0.3) is 0 Å². The van der Waals surface area contributed by atoms with Crippen LogP contribution < -0.4 is 0 Å². The Hall–Kier alpha value is 0.514. The zero-order chi connectivity index (χ0) is 12.2. The molecule has 2 atom stereocenters. The summed E-state index contributed by atoms with van der Waals surface area (Å²) >= 11 is 0. The van der Waals surface area contributed by atoms with Crippen molar-refractivity contribution >= 4 is 8.25 Å². The first-order valence-electron chi connectivity index (χ1n) is 6.47. The molecule has 0 saturated carbocycles. The van der Waals surface area contributed by atoms with Gasteiger partial charge in [-0.3, -0.25) is 0 Å².